The Morgan fingerprint density at radius 1 is 1.07 bits per heavy atom. The molecule has 6 heteroatoms. The molecule has 2 N–H and O–H groups in total. The van der Waals surface area contributed by atoms with Crippen LogP contribution >= 0.6 is 11.6 Å². The number of hydrogen-bond acceptors (Lipinski definition) is 4. The van der Waals surface area contributed by atoms with E-state index < -0.39 is 0 Å². The number of nitrogens with two attached hydrogens (primary N) is 1. The SMILES string of the molecule is NCC1(c2cccc(Cl)c2)CCC(n2nc(C(=O)c3ccccc3)ccc2=O)CC1. The van der Waals surface area contributed by atoms with Crippen molar-refractivity contribution in [3.8, 4) is 0 Å². The lowest BCUT2D eigenvalue weighted by Gasteiger charge is -2.40. The summed E-state index contributed by atoms with van der Waals surface area (Å²) in [6, 6.07) is 19.7. The molecule has 0 amide bonds. The number of rotatable bonds is 5. The summed E-state index contributed by atoms with van der Waals surface area (Å²) >= 11 is 6.20. The minimum atomic E-state index is -0.187. The van der Waals surface area contributed by atoms with Crippen molar-refractivity contribution in [2.45, 2.75) is 37.1 Å². The van der Waals surface area contributed by atoms with Crippen LogP contribution < -0.4 is 11.3 Å². The van der Waals surface area contributed by atoms with Gasteiger partial charge in [-0.2, -0.15) is 5.10 Å². The van der Waals surface area contributed by atoms with Gasteiger partial charge >= 0.3 is 0 Å². The number of halogens is 1. The van der Waals surface area contributed by atoms with Crippen molar-refractivity contribution in [3.63, 3.8) is 0 Å². The molecular weight excluding hydrogens is 398 g/mol. The fourth-order valence-corrected chi connectivity index (χ4v) is 4.56. The predicted octanol–water partition coefficient (Wildman–Crippen LogP) is 4.14. The third-order valence-corrected chi connectivity index (χ3v) is 6.41. The number of nitrogens with zero attached hydrogens (tertiary/aromatic N) is 2. The van der Waals surface area contributed by atoms with Gasteiger partial charge in [-0.3, -0.25) is 9.59 Å². The molecule has 0 radical (unpaired) electrons. The summed E-state index contributed by atoms with van der Waals surface area (Å²) in [5, 5.41) is 5.14. The fraction of sp³-hybridized carbons (Fsp3) is 0.292. The molecule has 1 aromatic heterocycles. The van der Waals surface area contributed by atoms with Crippen molar-refractivity contribution in [3.05, 3.63) is 98.9 Å². The Hall–Kier alpha value is -2.76. The lowest BCUT2D eigenvalue weighted by atomic mass is 9.68. The molecule has 0 atom stereocenters. The molecule has 1 saturated carbocycles. The standard InChI is InChI=1S/C24H24ClN3O2/c25-19-8-4-7-18(15-19)24(16-26)13-11-20(12-14-24)28-22(29)10-9-21(27-28)23(30)17-5-2-1-3-6-17/h1-10,15,20H,11-14,16,26H2. The molecular formula is C24H24ClN3O2. The highest BCUT2D eigenvalue weighted by molar-refractivity contribution is 6.30. The van der Waals surface area contributed by atoms with Crippen molar-refractivity contribution in [1.29, 1.82) is 0 Å². The summed E-state index contributed by atoms with van der Waals surface area (Å²) in [4.78, 5) is 25.3. The third-order valence-electron chi connectivity index (χ3n) is 6.18. The van der Waals surface area contributed by atoms with Crippen LogP contribution in [-0.2, 0) is 5.41 Å². The zero-order chi connectivity index (χ0) is 21.1. The first-order valence-corrected chi connectivity index (χ1v) is 10.6. The highest BCUT2D eigenvalue weighted by Crippen LogP contribution is 2.42. The average molecular weight is 422 g/mol. The lowest BCUT2D eigenvalue weighted by molar-refractivity contribution is 0.103. The van der Waals surface area contributed by atoms with E-state index in [0.717, 1.165) is 31.2 Å². The highest BCUT2D eigenvalue weighted by atomic mass is 35.5. The Balaban J connectivity index is 1.57. The maximum absolute atomic E-state index is 12.8. The fourth-order valence-electron chi connectivity index (χ4n) is 4.37. The van der Waals surface area contributed by atoms with Crippen LogP contribution in [0.4, 0.5) is 0 Å². The van der Waals surface area contributed by atoms with Gasteiger partial charge < -0.3 is 5.73 Å². The summed E-state index contributed by atoms with van der Waals surface area (Å²) in [5.41, 5.74) is 7.84. The van der Waals surface area contributed by atoms with E-state index in [4.69, 9.17) is 17.3 Å². The number of hydrogen-bond donors (Lipinski definition) is 1. The second kappa shape index (κ2) is 8.54. The third kappa shape index (κ3) is 3.95. The summed E-state index contributed by atoms with van der Waals surface area (Å²) in [5.74, 6) is -0.185. The molecule has 0 saturated heterocycles. The molecule has 30 heavy (non-hydrogen) atoms. The summed E-state index contributed by atoms with van der Waals surface area (Å²) < 4.78 is 1.48. The number of ketones is 1. The monoisotopic (exact) mass is 421 g/mol. The van der Waals surface area contributed by atoms with Gasteiger partial charge in [-0.15, -0.1) is 0 Å². The van der Waals surface area contributed by atoms with Gasteiger partial charge in [-0.1, -0.05) is 54.1 Å². The quantitative estimate of drug-likeness (QED) is 0.628. The van der Waals surface area contributed by atoms with Gasteiger partial charge in [-0.25, -0.2) is 4.68 Å². The van der Waals surface area contributed by atoms with Crippen LogP contribution in [0.1, 0.15) is 53.3 Å². The maximum atomic E-state index is 12.8. The van der Waals surface area contributed by atoms with E-state index in [2.05, 4.69) is 11.2 Å². The van der Waals surface area contributed by atoms with E-state index in [0.29, 0.717) is 17.1 Å². The van der Waals surface area contributed by atoms with Crippen LogP contribution in [0.5, 0.6) is 0 Å². The summed E-state index contributed by atoms with van der Waals surface area (Å²) in [7, 11) is 0. The molecule has 0 spiro atoms. The second-order valence-corrected chi connectivity index (χ2v) is 8.36. The Kier molecular flexibility index (Phi) is 5.84. The molecule has 154 valence electrons. The average Bonchev–Trinajstić information content (AvgIpc) is 2.80. The first-order valence-electron chi connectivity index (χ1n) is 10.2. The van der Waals surface area contributed by atoms with Gasteiger partial charge in [0.15, 0.2) is 0 Å². The van der Waals surface area contributed by atoms with Gasteiger partial charge in [0, 0.05) is 28.6 Å². The first-order chi connectivity index (χ1) is 14.5. The van der Waals surface area contributed by atoms with Crippen LogP contribution in [0.2, 0.25) is 5.02 Å². The largest absolute Gasteiger partial charge is 0.330 e. The molecule has 0 bridgehead atoms. The van der Waals surface area contributed by atoms with Crippen molar-refractivity contribution in [2.24, 2.45) is 5.73 Å². The summed E-state index contributed by atoms with van der Waals surface area (Å²) in [6.07, 6.45) is 3.19. The van der Waals surface area contributed by atoms with Crippen LogP contribution in [0, 0.1) is 0 Å². The smallest absolute Gasteiger partial charge is 0.267 e. The first kappa shape index (κ1) is 20.5. The molecule has 1 aliphatic rings. The van der Waals surface area contributed by atoms with Crippen molar-refractivity contribution < 1.29 is 4.79 Å². The van der Waals surface area contributed by atoms with Gasteiger partial charge in [-0.05, 0) is 49.4 Å². The Labute approximate surface area is 180 Å². The zero-order valence-corrected chi connectivity index (χ0v) is 17.4. The van der Waals surface area contributed by atoms with Gasteiger partial charge in [0.1, 0.15) is 5.69 Å². The summed E-state index contributed by atoms with van der Waals surface area (Å²) in [6.45, 7) is 0.523. The lowest BCUT2D eigenvalue weighted by Crippen LogP contribution is -2.41. The number of carbonyl (C=O) groups excluding carboxylic acids is 1. The van der Waals surface area contributed by atoms with E-state index in [-0.39, 0.29) is 28.5 Å². The van der Waals surface area contributed by atoms with Crippen molar-refractivity contribution >= 4 is 17.4 Å². The molecule has 1 aliphatic carbocycles. The van der Waals surface area contributed by atoms with Crippen molar-refractivity contribution in [2.75, 3.05) is 6.54 Å². The van der Waals surface area contributed by atoms with E-state index in [1.54, 1.807) is 12.1 Å². The zero-order valence-electron chi connectivity index (χ0n) is 16.6. The number of carbonyl (C=O) groups is 1. The molecule has 2 aromatic carbocycles. The number of aromatic nitrogens is 2. The van der Waals surface area contributed by atoms with E-state index in [1.807, 2.05) is 36.4 Å². The van der Waals surface area contributed by atoms with E-state index in [1.165, 1.54) is 16.8 Å². The minimum absolute atomic E-state index is 0.0557. The predicted molar refractivity (Wildman–Crippen MR) is 118 cm³/mol. The second-order valence-electron chi connectivity index (χ2n) is 7.92. The molecule has 1 heterocycles. The van der Waals surface area contributed by atoms with Crippen LogP contribution in [0.25, 0.3) is 0 Å². The maximum Gasteiger partial charge on any atom is 0.267 e. The molecule has 3 aromatic rings. The molecule has 1 fully saturated rings. The Morgan fingerprint density at radius 3 is 2.47 bits per heavy atom. The molecule has 0 unspecified atom stereocenters. The van der Waals surface area contributed by atoms with Crippen molar-refractivity contribution in [1.82, 2.24) is 9.78 Å². The van der Waals surface area contributed by atoms with Gasteiger partial charge in [0.2, 0.25) is 5.78 Å². The van der Waals surface area contributed by atoms with Crippen LogP contribution in [-0.4, -0.2) is 22.1 Å². The topological polar surface area (TPSA) is 78.0 Å². The van der Waals surface area contributed by atoms with E-state index >= 15 is 0 Å². The molecule has 0 aliphatic heterocycles. The molecule has 4 rings (SSSR count). The minimum Gasteiger partial charge on any atom is -0.330 e. The molecule has 5 nitrogen and oxygen atoms in total. The van der Waals surface area contributed by atoms with Gasteiger partial charge in [0.05, 0.1) is 6.04 Å². The normalized spacial score (nSPS) is 21.3. The van der Waals surface area contributed by atoms with Crippen LogP contribution in [0.15, 0.2) is 71.5 Å². The van der Waals surface area contributed by atoms with E-state index in [9.17, 15) is 9.59 Å². The van der Waals surface area contributed by atoms with Crippen LogP contribution in [0.3, 0.4) is 0 Å². The van der Waals surface area contributed by atoms with Gasteiger partial charge in [0.25, 0.3) is 5.56 Å². The number of benzene rings is 2. The Morgan fingerprint density at radius 2 is 1.80 bits per heavy atom. The Bertz CT molecular complexity index is 1100. The highest BCUT2D eigenvalue weighted by Gasteiger charge is 2.37.